The van der Waals surface area contributed by atoms with Crippen LogP contribution in [-0.2, 0) is 6.54 Å². The third kappa shape index (κ3) is 6.35. The van der Waals surface area contributed by atoms with Crippen molar-refractivity contribution >= 4 is 29.0 Å². The van der Waals surface area contributed by atoms with E-state index in [4.69, 9.17) is 0 Å². The zero-order chi connectivity index (χ0) is 24.8. The Hall–Kier alpha value is -3.94. The van der Waals surface area contributed by atoms with Crippen LogP contribution in [0.25, 0.3) is 0 Å². The molecule has 8 heteroatoms. The zero-order valence-electron chi connectivity index (χ0n) is 19.5. The minimum Gasteiger partial charge on any atom is -0.371 e. The van der Waals surface area contributed by atoms with Gasteiger partial charge in [-0.15, -0.1) is 0 Å². The molecule has 0 atom stereocenters. The van der Waals surface area contributed by atoms with Gasteiger partial charge in [0.1, 0.15) is 0 Å². The number of halogens is 2. The summed E-state index contributed by atoms with van der Waals surface area (Å²) in [4.78, 5) is 27.8. The number of hydrogen-bond donors (Lipinski definition) is 3. The van der Waals surface area contributed by atoms with E-state index in [1.54, 1.807) is 12.1 Å². The number of hydrogen-bond acceptors (Lipinski definition) is 3. The predicted octanol–water partition coefficient (Wildman–Crippen LogP) is 5.78. The Bertz CT molecular complexity index is 1200. The average Bonchev–Trinajstić information content (AvgIpc) is 2.86. The molecule has 1 fully saturated rings. The number of amides is 3. The lowest BCUT2D eigenvalue weighted by Crippen LogP contribution is -2.35. The molecule has 0 aliphatic carbocycles. The number of rotatable bonds is 6. The van der Waals surface area contributed by atoms with Crippen molar-refractivity contribution < 1.29 is 18.4 Å². The second kappa shape index (κ2) is 11.0. The van der Waals surface area contributed by atoms with Gasteiger partial charge in [-0.05, 0) is 54.7 Å². The van der Waals surface area contributed by atoms with Gasteiger partial charge in [-0.3, -0.25) is 4.79 Å². The van der Waals surface area contributed by atoms with E-state index in [2.05, 4.69) is 27.8 Å². The first kappa shape index (κ1) is 24.2. The summed E-state index contributed by atoms with van der Waals surface area (Å²) in [7, 11) is 0. The second-order valence-corrected chi connectivity index (χ2v) is 8.78. The molecular formula is C27H28F2N4O2. The maximum Gasteiger partial charge on any atom is 0.323 e. The number of nitrogens with zero attached hydrogens (tertiary/aromatic N) is 1. The lowest BCUT2D eigenvalue weighted by molar-refractivity contribution is 0.0951. The van der Waals surface area contributed by atoms with Crippen molar-refractivity contribution in [2.24, 2.45) is 5.92 Å². The molecular weight excluding hydrogens is 450 g/mol. The van der Waals surface area contributed by atoms with Gasteiger partial charge < -0.3 is 20.9 Å². The monoisotopic (exact) mass is 478 g/mol. The third-order valence-electron chi connectivity index (χ3n) is 6.10. The molecule has 0 unspecified atom stereocenters. The predicted molar refractivity (Wildman–Crippen MR) is 134 cm³/mol. The van der Waals surface area contributed by atoms with Gasteiger partial charge in [0.15, 0.2) is 11.6 Å². The summed E-state index contributed by atoms with van der Waals surface area (Å²) in [5.41, 5.74) is 2.77. The molecule has 182 valence electrons. The Morgan fingerprint density at radius 1 is 0.886 bits per heavy atom. The van der Waals surface area contributed by atoms with Gasteiger partial charge in [0.2, 0.25) is 0 Å². The summed E-state index contributed by atoms with van der Waals surface area (Å²) in [6.45, 7) is 4.31. The summed E-state index contributed by atoms with van der Waals surface area (Å²) in [5, 5.41) is 8.10. The van der Waals surface area contributed by atoms with Crippen LogP contribution in [0.5, 0.6) is 0 Å². The average molecular weight is 479 g/mol. The number of anilines is 3. The van der Waals surface area contributed by atoms with Gasteiger partial charge in [-0.1, -0.05) is 37.3 Å². The Labute approximate surface area is 203 Å². The highest BCUT2D eigenvalue weighted by atomic mass is 19.2. The molecule has 3 aromatic carbocycles. The van der Waals surface area contributed by atoms with Crippen LogP contribution in [0.4, 0.5) is 30.6 Å². The van der Waals surface area contributed by atoms with E-state index in [0.29, 0.717) is 23.7 Å². The normalized spacial score (nSPS) is 13.9. The van der Waals surface area contributed by atoms with Crippen LogP contribution in [0.3, 0.4) is 0 Å². The molecule has 3 aromatic rings. The van der Waals surface area contributed by atoms with E-state index in [1.807, 2.05) is 36.4 Å². The van der Waals surface area contributed by atoms with Gasteiger partial charge in [-0.25, -0.2) is 13.6 Å². The number of piperidine rings is 1. The van der Waals surface area contributed by atoms with E-state index in [-0.39, 0.29) is 11.6 Å². The van der Waals surface area contributed by atoms with Crippen LogP contribution in [0, 0.1) is 17.6 Å². The molecule has 1 aliphatic heterocycles. The number of benzene rings is 3. The molecule has 35 heavy (non-hydrogen) atoms. The topological polar surface area (TPSA) is 73.5 Å². The Balaban J connectivity index is 1.52. The van der Waals surface area contributed by atoms with Crippen molar-refractivity contribution in [3.8, 4) is 0 Å². The molecule has 3 amide bonds. The Kier molecular flexibility index (Phi) is 7.60. The first-order valence-electron chi connectivity index (χ1n) is 11.6. The maximum absolute atomic E-state index is 13.4. The highest BCUT2D eigenvalue weighted by Gasteiger charge is 2.22. The first-order valence-corrected chi connectivity index (χ1v) is 11.6. The number of nitrogens with one attached hydrogen (secondary N) is 3. The standard InChI is InChI=1S/C27H28F2N4O2/c1-18-11-13-33(14-12-18)25-10-8-20(31-27(35)32-21-7-9-23(28)24(29)16-21)15-22(25)26(34)30-17-19-5-3-2-4-6-19/h2-10,15-16,18H,11-14,17H2,1H3,(H,30,34)(H2,31,32,35). The van der Waals surface area contributed by atoms with Crippen molar-refractivity contribution in [1.29, 1.82) is 0 Å². The quantitative estimate of drug-likeness (QED) is 0.421. The van der Waals surface area contributed by atoms with Gasteiger partial charge in [-0.2, -0.15) is 0 Å². The number of carbonyl (C=O) groups is 2. The minimum atomic E-state index is -1.06. The molecule has 4 rings (SSSR count). The van der Waals surface area contributed by atoms with E-state index >= 15 is 0 Å². The molecule has 0 radical (unpaired) electrons. The lowest BCUT2D eigenvalue weighted by Gasteiger charge is -2.33. The molecule has 0 saturated carbocycles. The molecule has 1 heterocycles. The van der Waals surface area contributed by atoms with Gasteiger partial charge in [0, 0.05) is 42.8 Å². The molecule has 1 saturated heterocycles. The third-order valence-corrected chi connectivity index (χ3v) is 6.10. The summed E-state index contributed by atoms with van der Waals surface area (Å²) in [5.74, 6) is -1.65. The summed E-state index contributed by atoms with van der Waals surface area (Å²) < 4.78 is 26.6. The molecule has 0 spiro atoms. The summed E-state index contributed by atoms with van der Waals surface area (Å²) in [6, 6.07) is 17.3. The van der Waals surface area contributed by atoms with Crippen LogP contribution < -0.4 is 20.9 Å². The molecule has 3 N–H and O–H groups in total. The minimum absolute atomic E-state index is 0.112. The highest BCUT2D eigenvalue weighted by molar-refractivity contribution is 6.04. The maximum atomic E-state index is 13.4. The second-order valence-electron chi connectivity index (χ2n) is 8.78. The molecule has 0 bridgehead atoms. The molecule has 1 aliphatic rings. The van der Waals surface area contributed by atoms with Crippen LogP contribution in [0.2, 0.25) is 0 Å². The summed E-state index contributed by atoms with van der Waals surface area (Å²) >= 11 is 0. The van der Waals surface area contributed by atoms with Crippen molar-refractivity contribution in [3.63, 3.8) is 0 Å². The lowest BCUT2D eigenvalue weighted by atomic mass is 9.97. The molecule has 0 aromatic heterocycles. The number of urea groups is 1. The van der Waals surface area contributed by atoms with Gasteiger partial charge in [0.25, 0.3) is 5.91 Å². The van der Waals surface area contributed by atoms with Crippen LogP contribution in [0.15, 0.2) is 66.7 Å². The fourth-order valence-corrected chi connectivity index (χ4v) is 4.06. The highest BCUT2D eigenvalue weighted by Crippen LogP contribution is 2.29. The van der Waals surface area contributed by atoms with Crippen molar-refractivity contribution in [2.45, 2.75) is 26.3 Å². The fraction of sp³-hybridized carbons (Fsp3) is 0.259. The van der Waals surface area contributed by atoms with E-state index in [1.165, 1.54) is 6.07 Å². The Morgan fingerprint density at radius 2 is 1.54 bits per heavy atom. The fourth-order valence-electron chi connectivity index (χ4n) is 4.06. The van der Waals surface area contributed by atoms with Crippen LogP contribution >= 0.6 is 0 Å². The van der Waals surface area contributed by atoms with Crippen LogP contribution in [0.1, 0.15) is 35.7 Å². The Morgan fingerprint density at radius 3 is 2.23 bits per heavy atom. The SMILES string of the molecule is CC1CCN(c2ccc(NC(=O)Nc3ccc(F)c(F)c3)cc2C(=O)NCc2ccccc2)CC1. The smallest absolute Gasteiger partial charge is 0.323 e. The van der Waals surface area contributed by atoms with E-state index in [0.717, 1.165) is 49.3 Å². The van der Waals surface area contributed by atoms with Gasteiger partial charge >= 0.3 is 6.03 Å². The van der Waals surface area contributed by atoms with E-state index < -0.39 is 17.7 Å². The van der Waals surface area contributed by atoms with Gasteiger partial charge in [0.05, 0.1) is 5.56 Å². The van der Waals surface area contributed by atoms with Crippen molar-refractivity contribution in [3.05, 3.63) is 89.5 Å². The van der Waals surface area contributed by atoms with E-state index in [9.17, 15) is 18.4 Å². The number of carbonyl (C=O) groups excluding carboxylic acids is 2. The van der Waals surface area contributed by atoms with Crippen molar-refractivity contribution in [1.82, 2.24) is 5.32 Å². The first-order chi connectivity index (χ1) is 16.9. The van der Waals surface area contributed by atoms with Crippen molar-refractivity contribution in [2.75, 3.05) is 28.6 Å². The molecule has 6 nitrogen and oxygen atoms in total. The zero-order valence-corrected chi connectivity index (χ0v) is 19.5. The summed E-state index contributed by atoms with van der Waals surface area (Å²) in [6.07, 6.45) is 2.09. The van der Waals surface area contributed by atoms with Crippen LogP contribution in [-0.4, -0.2) is 25.0 Å². The largest absolute Gasteiger partial charge is 0.371 e.